The zero-order valence-corrected chi connectivity index (χ0v) is 18.3. The van der Waals surface area contributed by atoms with E-state index in [1.165, 1.54) is 7.11 Å². The molecule has 7 heteroatoms. The molecule has 162 valence electrons. The van der Waals surface area contributed by atoms with Crippen molar-refractivity contribution < 1.29 is 19.1 Å². The molecule has 1 aromatic carbocycles. The lowest BCUT2D eigenvalue weighted by Crippen LogP contribution is -2.50. The summed E-state index contributed by atoms with van der Waals surface area (Å²) >= 11 is 0. The van der Waals surface area contributed by atoms with Crippen LogP contribution in [0.15, 0.2) is 24.3 Å². The first kappa shape index (κ1) is 21.9. The van der Waals surface area contributed by atoms with Gasteiger partial charge in [0.1, 0.15) is 5.60 Å². The molecule has 30 heavy (non-hydrogen) atoms. The van der Waals surface area contributed by atoms with Gasteiger partial charge in [0.25, 0.3) is 0 Å². The SMILES string of the molecule is [C-]#[N+]C1(Cc2ccc(N3CCN(C(=O)OC(C)(C)C)CC3)cc2)CC(C(=O)OC)C1. The number of hydrogen-bond donors (Lipinski definition) is 0. The van der Waals surface area contributed by atoms with Gasteiger partial charge in [-0.25, -0.2) is 11.4 Å². The number of nitrogens with zero attached hydrogens (tertiary/aromatic N) is 3. The average molecular weight is 414 g/mol. The summed E-state index contributed by atoms with van der Waals surface area (Å²) in [6.45, 7) is 16.0. The van der Waals surface area contributed by atoms with E-state index >= 15 is 0 Å². The van der Waals surface area contributed by atoms with Gasteiger partial charge < -0.3 is 24.1 Å². The van der Waals surface area contributed by atoms with Gasteiger partial charge in [-0.2, -0.15) is 0 Å². The first-order valence-electron chi connectivity index (χ1n) is 10.4. The van der Waals surface area contributed by atoms with Crippen LogP contribution < -0.4 is 4.90 Å². The minimum absolute atomic E-state index is 0.148. The molecule has 1 saturated heterocycles. The van der Waals surface area contributed by atoms with Crippen LogP contribution in [0.4, 0.5) is 10.5 Å². The lowest BCUT2D eigenvalue weighted by atomic mass is 9.66. The van der Waals surface area contributed by atoms with Gasteiger partial charge in [0, 0.05) is 44.7 Å². The number of rotatable bonds is 4. The maximum absolute atomic E-state index is 12.2. The smallest absolute Gasteiger partial charge is 0.410 e. The van der Waals surface area contributed by atoms with Crippen molar-refractivity contribution in [3.8, 4) is 0 Å². The Balaban J connectivity index is 1.53. The van der Waals surface area contributed by atoms with Crippen molar-refractivity contribution in [2.24, 2.45) is 5.92 Å². The first-order valence-corrected chi connectivity index (χ1v) is 10.4. The number of anilines is 1. The Morgan fingerprint density at radius 2 is 1.73 bits per heavy atom. The minimum Gasteiger partial charge on any atom is -0.469 e. The second kappa shape index (κ2) is 8.55. The van der Waals surface area contributed by atoms with Gasteiger partial charge >= 0.3 is 12.1 Å². The van der Waals surface area contributed by atoms with E-state index in [1.807, 2.05) is 20.8 Å². The average Bonchev–Trinajstić information content (AvgIpc) is 2.69. The molecular formula is C23H31N3O4. The molecule has 2 fully saturated rings. The summed E-state index contributed by atoms with van der Waals surface area (Å²) in [6, 6.07) is 8.28. The van der Waals surface area contributed by atoms with Crippen molar-refractivity contribution in [1.29, 1.82) is 0 Å². The van der Waals surface area contributed by atoms with Crippen molar-refractivity contribution in [2.45, 2.75) is 51.2 Å². The molecule has 1 aliphatic carbocycles. The van der Waals surface area contributed by atoms with Crippen LogP contribution in [-0.2, 0) is 20.7 Å². The third-order valence-corrected chi connectivity index (χ3v) is 5.79. The molecule has 0 N–H and O–H groups in total. The van der Waals surface area contributed by atoms with E-state index in [1.54, 1.807) is 4.90 Å². The van der Waals surface area contributed by atoms with Crippen LogP contribution in [-0.4, -0.2) is 61.4 Å². The monoisotopic (exact) mass is 413 g/mol. The molecular weight excluding hydrogens is 382 g/mol. The van der Waals surface area contributed by atoms with Crippen LogP contribution in [0.25, 0.3) is 4.85 Å². The molecule has 0 aromatic heterocycles. The second-order valence-electron chi connectivity index (χ2n) is 9.26. The number of hydrogen-bond acceptors (Lipinski definition) is 5. The van der Waals surface area contributed by atoms with E-state index in [0.717, 1.165) is 24.3 Å². The van der Waals surface area contributed by atoms with Gasteiger partial charge in [-0.05, 0) is 38.5 Å². The van der Waals surface area contributed by atoms with Crippen LogP contribution in [0.2, 0.25) is 0 Å². The summed E-state index contributed by atoms with van der Waals surface area (Å²) in [4.78, 5) is 31.7. The molecule has 3 rings (SSSR count). The molecule has 1 heterocycles. The predicted molar refractivity (Wildman–Crippen MR) is 114 cm³/mol. The quantitative estimate of drug-likeness (QED) is 0.558. The largest absolute Gasteiger partial charge is 0.469 e. The summed E-state index contributed by atoms with van der Waals surface area (Å²) in [7, 11) is 1.40. The fraction of sp³-hybridized carbons (Fsp3) is 0.609. The summed E-state index contributed by atoms with van der Waals surface area (Å²) < 4.78 is 10.2. The molecule has 0 bridgehead atoms. The molecule has 1 aliphatic heterocycles. The fourth-order valence-electron chi connectivity index (χ4n) is 4.14. The molecule has 0 atom stereocenters. The fourth-order valence-corrected chi connectivity index (χ4v) is 4.14. The van der Waals surface area contributed by atoms with Crippen molar-refractivity contribution in [3.05, 3.63) is 41.2 Å². The number of esters is 1. The second-order valence-corrected chi connectivity index (χ2v) is 9.26. The minimum atomic E-state index is -0.487. The Labute approximate surface area is 178 Å². The zero-order valence-electron chi connectivity index (χ0n) is 18.3. The van der Waals surface area contributed by atoms with E-state index in [9.17, 15) is 9.59 Å². The van der Waals surface area contributed by atoms with Crippen molar-refractivity contribution in [3.63, 3.8) is 0 Å². The number of carbonyl (C=O) groups excluding carboxylic acids is 2. The predicted octanol–water partition coefficient (Wildman–Crippen LogP) is 3.53. The Hall–Kier alpha value is -2.75. The van der Waals surface area contributed by atoms with Gasteiger partial charge in [-0.1, -0.05) is 12.1 Å². The highest BCUT2D eigenvalue weighted by Crippen LogP contribution is 2.44. The lowest BCUT2D eigenvalue weighted by molar-refractivity contribution is -0.150. The standard InChI is InChI=1S/C23H31N3O4/c1-22(2,3)30-21(28)26-12-10-25(11-13-26)19-8-6-17(7-9-19)14-23(24-4)15-18(16-23)20(27)29-5/h6-9,18H,10-16H2,1-3,5H3. The van der Waals surface area contributed by atoms with Crippen LogP contribution in [0, 0.1) is 12.5 Å². The molecule has 1 aromatic rings. The summed E-state index contributed by atoms with van der Waals surface area (Å²) in [6.07, 6.45) is 1.53. The highest BCUT2D eigenvalue weighted by molar-refractivity contribution is 5.74. The van der Waals surface area contributed by atoms with Crippen LogP contribution in [0.3, 0.4) is 0 Å². The van der Waals surface area contributed by atoms with Crippen LogP contribution in [0.1, 0.15) is 39.2 Å². The van der Waals surface area contributed by atoms with Crippen molar-refractivity contribution >= 4 is 17.7 Å². The van der Waals surface area contributed by atoms with Gasteiger partial charge in [0.2, 0.25) is 5.54 Å². The molecule has 0 spiro atoms. The van der Waals surface area contributed by atoms with Crippen LogP contribution in [0.5, 0.6) is 0 Å². The van der Waals surface area contributed by atoms with E-state index in [0.29, 0.717) is 32.4 Å². The maximum Gasteiger partial charge on any atom is 0.410 e. The third-order valence-electron chi connectivity index (χ3n) is 5.79. The van der Waals surface area contributed by atoms with Gasteiger partial charge in [0.05, 0.1) is 19.4 Å². The van der Waals surface area contributed by atoms with Crippen LogP contribution >= 0.6 is 0 Å². The summed E-state index contributed by atoms with van der Waals surface area (Å²) in [5.41, 5.74) is 1.25. The highest BCUT2D eigenvalue weighted by atomic mass is 16.6. The molecule has 1 amide bonds. The van der Waals surface area contributed by atoms with Crippen molar-refractivity contribution in [2.75, 3.05) is 38.2 Å². The Morgan fingerprint density at radius 3 is 2.23 bits per heavy atom. The molecule has 0 radical (unpaired) electrons. The first-order chi connectivity index (χ1) is 14.1. The number of piperazine rings is 1. The number of carbonyl (C=O) groups is 2. The van der Waals surface area contributed by atoms with Gasteiger partial charge in [-0.15, -0.1) is 0 Å². The van der Waals surface area contributed by atoms with Gasteiger partial charge in [0.15, 0.2) is 0 Å². The number of ether oxygens (including phenoxy) is 2. The summed E-state index contributed by atoms with van der Waals surface area (Å²) in [5, 5.41) is 0. The van der Waals surface area contributed by atoms with E-state index in [4.69, 9.17) is 16.0 Å². The lowest BCUT2D eigenvalue weighted by Gasteiger charge is -2.37. The Bertz CT molecular complexity index is 808. The van der Waals surface area contributed by atoms with Crippen molar-refractivity contribution in [1.82, 2.24) is 4.90 Å². The zero-order chi connectivity index (χ0) is 21.9. The Kier molecular flexibility index (Phi) is 6.25. The highest BCUT2D eigenvalue weighted by Gasteiger charge is 2.54. The molecule has 0 unspecified atom stereocenters. The number of amides is 1. The molecule has 1 saturated carbocycles. The molecule has 2 aliphatic rings. The Morgan fingerprint density at radius 1 is 1.13 bits per heavy atom. The van der Waals surface area contributed by atoms with Gasteiger partial charge in [-0.3, -0.25) is 4.79 Å². The number of benzene rings is 1. The topological polar surface area (TPSA) is 63.4 Å². The third kappa shape index (κ3) is 5.05. The maximum atomic E-state index is 12.2. The molecule has 7 nitrogen and oxygen atoms in total. The van der Waals surface area contributed by atoms with E-state index < -0.39 is 11.1 Å². The number of methoxy groups -OCH3 is 1. The van der Waals surface area contributed by atoms with E-state index in [-0.39, 0.29) is 18.0 Å². The summed E-state index contributed by atoms with van der Waals surface area (Å²) in [5.74, 6) is -0.361. The van der Waals surface area contributed by atoms with E-state index in [2.05, 4.69) is 34.0 Å². The normalized spacial score (nSPS) is 23.9.